The van der Waals surface area contributed by atoms with Crippen LogP contribution in [0.15, 0.2) is 0 Å². The minimum atomic E-state index is -0.417. The predicted molar refractivity (Wildman–Crippen MR) is 57.6 cm³/mol. The number of ether oxygens (including phenoxy) is 1. The minimum absolute atomic E-state index is 0.0180. The van der Waals surface area contributed by atoms with Crippen molar-refractivity contribution >= 4 is 23.6 Å². The molecular formula is C10H15NO3S. The Labute approximate surface area is 93.1 Å². The van der Waals surface area contributed by atoms with Crippen molar-refractivity contribution in [3.8, 4) is 0 Å². The van der Waals surface area contributed by atoms with E-state index in [1.54, 1.807) is 6.92 Å². The van der Waals surface area contributed by atoms with Crippen LogP contribution in [0, 0.1) is 5.41 Å². The zero-order valence-corrected chi connectivity index (χ0v) is 9.56. The maximum Gasteiger partial charge on any atom is 0.329 e. The molecule has 84 valence electrons. The SMILES string of the molecule is CCOC(=O)C1NC(=O)CC12CCSC2. The van der Waals surface area contributed by atoms with E-state index in [2.05, 4.69) is 5.32 Å². The van der Waals surface area contributed by atoms with E-state index in [9.17, 15) is 9.59 Å². The Morgan fingerprint density at radius 2 is 2.53 bits per heavy atom. The second-order valence-corrected chi connectivity index (χ2v) is 5.20. The summed E-state index contributed by atoms with van der Waals surface area (Å²) >= 11 is 1.81. The number of carbonyl (C=O) groups is 2. The summed E-state index contributed by atoms with van der Waals surface area (Å²) in [6.45, 7) is 2.15. The van der Waals surface area contributed by atoms with E-state index in [-0.39, 0.29) is 17.3 Å². The van der Waals surface area contributed by atoms with Crippen LogP contribution >= 0.6 is 11.8 Å². The fourth-order valence-corrected chi connectivity index (χ4v) is 3.83. The number of rotatable bonds is 2. The summed E-state index contributed by atoms with van der Waals surface area (Å²) < 4.78 is 5.00. The molecule has 0 aromatic rings. The van der Waals surface area contributed by atoms with Crippen molar-refractivity contribution in [2.45, 2.75) is 25.8 Å². The Morgan fingerprint density at radius 3 is 3.13 bits per heavy atom. The Kier molecular flexibility index (Phi) is 2.91. The van der Waals surface area contributed by atoms with Gasteiger partial charge in [0.05, 0.1) is 6.61 Å². The molecule has 0 saturated carbocycles. The molecule has 2 rings (SSSR count). The van der Waals surface area contributed by atoms with E-state index in [1.165, 1.54) is 0 Å². The fraction of sp³-hybridized carbons (Fsp3) is 0.800. The number of hydrogen-bond acceptors (Lipinski definition) is 4. The van der Waals surface area contributed by atoms with Crippen molar-refractivity contribution in [2.24, 2.45) is 5.41 Å². The van der Waals surface area contributed by atoms with E-state index < -0.39 is 6.04 Å². The molecule has 4 nitrogen and oxygen atoms in total. The van der Waals surface area contributed by atoms with Gasteiger partial charge in [-0.15, -0.1) is 0 Å². The molecule has 0 aliphatic carbocycles. The van der Waals surface area contributed by atoms with Gasteiger partial charge in [0.25, 0.3) is 0 Å². The van der Waals surface area contributed by atoms with E-state index >= 15 is 0 Å². The molecule has 2 aliphatic heterocycles. The number of hydrogen-bond donors (Lipinski definition) is 1. The van der Waals surface area contributed by atoms with Gasteiger partial charge in [-0.1, -0.05) is 0 Å². The first-order valence-corrected chi connectivity index (χ1v) is 6.37. The van der Waals surface area contributed by atoms with Crippen LogP contribution in [0.1, 0.15) is 19.8 Å². The molecule has 1 amide bonds. The molecule has 5 heteroatoms. The lowest BCUT2D eigenvalue weighted by Gasteiger charge is -2.26. The first-order chi connectivity index (χ1) is 7.18. The zero-order chi connectivity index (χ0) is 10.9. The molecule has 0 bridgehead atoms. The Bertz CT molecular complexity index is 286. The molecule has 0 aromatic carbocycles. The smallest absolute Gasteiger partial charge is 0.329 e. The third-order valence-corrected chi connectivity index (χ3v) is 4.36. The van der Waals surface area contributed by atoms with Gasteiger partial charge in [-0.2, -0.15) is 11.8 Å². The van der Waals surface area contributed by atoms with Gasteiger partial charge in [-0.3, -0.25) is 4.79 Å². The van der Waals surface area contributed by atoms with Gasteiger partial charge in [0.1, 0.15) is 6.04 Å². The van der Waals surface area contributed by atoms with E-state index in [1.807, 2.05) is 11.8 Å². The molecule has 1 N–H and O–H groups in total. The number of esters is 1. The predicted octanol–water partition coefficient (Wildman–Crippen LogP) is 0.561. The van der Waals surface area contributed by atoms with Gasteiger partial charge >= 0.3 is 5.97 Å². The van der Waals surface area contributed by atoms with Crippen LogP contribution in [-0.4, -0.2) is 36.0 Å². The molecule has 2 aliphatic rings. The van der Waals surface area contributed by atoms with E-state index in [0.717, 1.165) is 17.9 Å². The summed E-state index contributed by atoms with van der Waals surface area (Å²) in [5, 5.41) is 2.74. The van der Waals surface area contributed by atoms with Crippen molar-refractivity contribution in [3.05, 3.63) is 0 Å². The van der Waals surface area contributed by atoms with Crippen LogP contribution in [0.3, 0.4) is 0 Å². The van der Waals surface area contributed by atoms with Crippen molar-refractivity contribution < 1.29 is 14.3 Å². The largest absolute Gasteiger partial charge is 0.464 e. The molecule has 0 radical (unpaired) electrons. The van der Waals surface area contributed by atoms with Crippen LogP contribution in [-0.2, 0) is 14.3 Å². The molecular weight excluding hydrogens is 214 g/mol. The highest BCUT2D eigenvalue weighted by molar-refractivity contribution is 7.99. The lowest BCUT2D eigenvalue weighted by atomic mass is 9.80. The van der Waals surface area contributed by atoms with Gasteiger partial charge < -0.3 is 10.1 Å². The molecule has 2 heterocycles. The number of nitrogens with one attached hydrogen (secondary N) is 1. The molecule has 2 atom stereocenters. The van der Waals surface area contributed by atoms with Gasteiger partial charge in [-0.05, 0) is 19.1 Å². The van der Waals surface area contributed by atoms with Crippen LogP contribution in [0.25, 0.3) is 0 Å². The highest BCUT2D eigenvalue weighted by Gasteiger charge is 2.52. The van der Waals surface area contributed by atoms with Gasteiger partial charge in [0, 0.05) is 17.6 Å². The molecule has 1 spiro atoms. The van der Waals surface area contributed by atoms with E-state index in [4.69, 9.17) is 4.74 Å². The first kappa shape index (κ1) is 10.8. The molecule has 2 saturated heterocycles. The molecule has 0 aromatic heterocycles. The number of carbonyl (C=O) groups excluding carboxylic acids is 2. The summed E-state index contributed by atoms with van der Waals surface area (Å²) in [6, 6.07) is -0.417. The summed E-state index contributed by atoms with van der Waals surface area (Å²) in [6.07, 6.45) is 1.41. The first-order valence-electron chi connectivity index (χ1n) is 5.22. The van der Waals surface area contributed by atoms with Crippen LogP contribution in [0.2, 0.25) is 0 Å². The van der Waals surface area contributed by atoms with Crippen molar-refractivity contribution in [3.63, 3.8) is 0 Å². The molecule has 2 unspecified atom stereocenters. The highest BCUT2D eigenvalue weighted by atomic mass is 32.2. The summed E-state index contributed by atoms with van der Waals surface area (Å²) in [7, 11) is 0. The van der Waals surface area contributed by atoms with E-state index in [0.29, 0.717) is 13.0 Å². The van der Waals surface area contributed by atoms with Crippen LogP contribution in [0.4, 0.5) is 0 Å². The maximum atomic E-state index is 11.7. The third-order valence-electron chi connectivity index (χ3n) is 3.09. The van der Waals surface area contributed by atoms with Gasteiger partial charge in [0.15, 0.2) is 0 Å². The second kappa shape index (κ2) is 4.04. The second-order valence-electron chi connectivity index (χ2n) is 4.09. The van der Waals surface area contributed by atoms with Crippen molar-refractivity contribution in [2.75, 3.05) is 18.1 Å². The summed E-state index contributed by atoms with van der Waals surface area (Å²) in [5.41, 5.74) is -0.173. The Balaban J connectivity index is 2.14. The van der Waals surface area contributed by atoms with Crippen LogP contribution in [0.5, 0.6) is 0 Å². The maximum absolute atomic E-state index is 11.7. The highest BCUT2D eigenvalue weighted by Crippen LogP contribution is 2.45. The Hall–Kier alpha value is -0.710. The Morgan fingerprint density at radius 1 is 1.73 bits per heavy atom. The fourth-order valence-electron chi connectivity index (χ4n) is 2.31. The lowest BCUT2D eigenvalue weighted by molar-refractivity contribution is -0.148. The monoisotopic (exact) mass is 229 g/mol. The zero-order valence-electron chi connectivity index (χ0n) is 8.75. The normalized spacial score (nSPS) is 34.5. The average Bonchev–Trinajstić information content (AvgIpc) is 2.75. The molecule has 2 fully saturated rings. The average molecular weight is 229 g/mol. The topological polar surface area (TPSA) is 55.4 Å². The third kappa shape index (κ3) is 1.85. The lowest BCUT2D eigenvalue weighted by Crippen LogP contribution is -2.45. The standard InChI is InChI=1S/C10H15NO3S/c1-2-14-9(13)8-10(3-4-15-6-10)5-7(12)11-8/h8H,2-6H2,1H3,(H,11,12). The number of thioether (sulfide) groups is 1. The summed E-state index contributed by atoms with van der Waals surface area (Å²) in [4.78, 5) is 23.1. The van der Waals surface area contributed by atoms with Gasteiger partial charge in [-0.25, -0.2) is 4.79 Å². The quantitative estimate of drug-likeness (QED) is 0.703. The molecule has 15 heavy (non-hydrogen) atoms. The van der Waals surface area contributed by atoms with Gasteiger partial charge in [0.2, 0.25) is 5.91 Å². The number of amides is 1. The van der Waals surface area contributed by atoms with Crippen molar-refractivity contribution in [1.82, 2.24) is 5.32 Å². The summed E-state index contributed by atoms with van der Waals surface area (Å²) in [5.74, 6) is 1.63. The van der Waals surface area contributed by atoms with Crippen LogP contribution < -0.4 is 5.32 Å². The minimum Gasteiger partial charge on any atom is -0.464 e. The van der Waals surface area contributed by atoms with Crippen molar-refractivity contribution in [1.29, 1.82) is 0 Å².